The normalized spacial score (nSPS) is 11.0. The maximum absolute atomic E-state index is 6.25. The molecule has 0 unspecified atom stereocenters. The molecule has 1 aromatic carbocycles. The van der Waals surface area contributed by atoms with Crippen LogP contribution in [-0.4, -0.2) is 14.5 Å². The lowest BCUT2D eigenvalue weighted by Crippen LogP contribution is -1.96. The summed E-state index contributed by atoms with van der Waals surface area (Å²) in [4.78, 5) is 8.71. The summed E-state index contributed by atoms with van der Waals surface area (Å²) in [6.45, 7) is 0. The van der Waals surface area contributed by atoms with Gasteiger partial charge in [0.15, 0.2) is 10.8 Å². The van der Waals surface area contributed by atoms with Crippen LogP contribution in [-0.2, 0) is 0 Å². The molecule has 0 N–H and O–H groups in total. The van der Waals surface area contributed by atoms with Crippen molar-refractivity contribution in [1.82, 2.24) is 14.5 Å². The zero-order valence-electron chi connectivity index (χ0n) is 9.72. The van der Waals surface area contributed by atoms with E-state index in [1.807, 2.05) is 10.6 Å². The minimum Gasteiger partial charge on any atom is -0.295 e. The summed E-state index contributed by atoms with van der Waals surface area (Å²) in [6.07, 6.45) is 3.53. The Morgan fingerprint density at radius 3 is 2.75 bits per heavy atom. The number of imidazole rings is 1. The van der Waals surface area contributed by atoms with E-state index in [0.717, 1.165) is 14.5 Å². The first-order valence-corrected chi connectivity index (χ1v) is 8.21. The van der Waals surface area contributed by atoms with Gasteiger partial charge in [-0.1, -0.05) is 23.2 Å². The first kappa shape index (κ1) is 14.4. The van der Waals surface area contributed by atoms with Crippen molar-refractivity contribution >= 4 is 63.1 Å². The monoisotopic (exact) mass is 405 g/mol. The van der Waals surface area contributed by atoms with Crippen LogP contribution in [0.3, 0.4) is 0 Å². The number of nitrogens with zero attached hydrogens (tertiary/aromatic N) is 3. The highest BCUT2D eigenvalue weighted by Crippen LogP contribution is 2.33. The maximum atomic E-state index is 6.25. The van der Waals surface area contributed by atoms with Crippen LogP contribution < -0.4 is 0 Å². The molecular formula is C12H6BrCl2N3S2. The van der Waals surface area contributed by atoms with Crippen molar-refractivity contribution in [3.05, 3.63) is 44.4 Å². The summed E-state index contributed by atoms with van der Waals surface area (Å²) in [6, 6.07) is 5.31. The minimum absolute atomic E-state index is 0.542. The van der Waals surface area contributed by atoms with Crippen molar-refractivity contribution < 1.29 is 0 Å². The molecule has 0 radical (unpaired) electrons. The fourth-order valence-electron chi connectivity index (χ4n) is 1.74. The number of aromatic nitrogens is 3. The van der Waals surface area contributed by atoms with E-state index in [4.69, 9.17) is 23.2 Å². The lowest BCUT2D eigenvalue weighted by atomic mass is 10.3. The number of benzene rings is 1. The molecule has 20 heavy (non-hydrogen) atoms. The molecule has 102 valence electrons. The minimum atomic E-state index is 0.542. The number of rotatable bonds is 2. The smallest absolute Gasteiger partial charge is 0.175 e. The maximum Gasteiger partial charge on any atom is 0.175 e. The Hall–Kier alpha value is -0.530. The Labute approximate surface area is 143 Å². The molecule has 8 heteroatoms. The Kier molecular flexibility index (Phi) is 4.10. The number of halogens is 3. The van der Waals surface area contributed by atoms with Crippen molar-refractivity contribution in [3.63, 3.8) is 0 Å². The second kappa shape index (κ2) is 5.69. The molecule has 2 heterocycles. The van der Waals surface area contributed by atoms with Crippen molar-refractivity contribution in [2.24, 2.45) is 0 Å². The van der Waals surface area contributed by atoms with Crippen molar-refractivity contribution in [1.29, 1.82) is 0 Å². The van der Waals surface area contributed by atoms with E-state index < -0.39 is 0 Å². The second-order valence-electron chi connectivity index (χ2n) is 3.86. The third-order valence-corrected chi connectivity index (χ3v) is 4.76. The molecule has 0 aliphatic rings. The van der Waals surface area contributed by atoms with Gasteiger partial charge in [0, 0.05) is 11.2 Å². The molecule has 0 amide bonds. The topological polar surface area (TPSA) is 30.7 Å². The molecule has 3 aromatic rings. The zero-order valence-corrected chi connectivity index (χ0v) is 14.5. The quantitative estimate of drug-likeness (QED) is 0.581. The number of hydrogen-bond acceptors (Lipinski definition) is 4. The zero-order chi connectivity index (χ0) is 14.3. The third-order valence-electron chi connectivity index (χ3n) is 2.53. The highest BCUT2D eigenvalue weighted by atomic mass is 79.9. The van der Waals surface area contributed by atoms with Crippen LogP contribution in [0, 0.1) is 0 Å². The molecule has 2 aromatic heterocycles. The van der Waals surface area contributed by atoms with Gasteiger partial charge in [-0.2, -0.15) is 0 Å². The number of thiazole rings is 1. The van der Waals surface area contributed by atoms with Gasteiger partial charge in [0.2, 0.25) is 0 Å². The fourth-order valence-corrected chi connectivity index (χ4v) is 3.64. The lowest BCUT2D eigenvalue weighted by molar-refractivity contribution is 1.06. The lowest BCUT2D eigenvalue weighted by Gasteiger charge is -2.08. The first-order chi connectivity index (χ1) is 9.54. The van der Waals surface area contributed by atoms with E-state index in [1.54, 1.807) is 24.5 Å². The first-order valence-electron chi connectivity index (χ1n) is 5.40. The van der Waals surface area contributed by atoms with E-state index in [9.17, 15) is 0 Å². The molecule has 0 aliphatic heterocycles. The number of thiol groups is 1. The summed E-state index contributed by atoms with van der Waals surface area (Å²) in [5.74, 6) is 0.690. The average molecular weight is 407 g/mol. The Balaban J connectivity index is 2.19. The summed E-state index contributed by atoms with van der Waals surface area (Å²) in [5.41, 5.74) is 0.783. The molecular weight excluding hydrogens is 401 g/mol. The fraction of sp³-hybridized carbons (Fsp3) is 0. The van der Waals surface area contributed by atoms with Crippen molar-refractivity contribution in [2.75, 3.05) is 0 Å². The highest BCUT2D eigenvalue weighted by Gasteiger charge is 2.15. The Morgan fingerprint density at radius 1 is 1.30 bits per heavy atom. The van der Waals surface area contributed by atoms with Gasteiger partial charge in [-0.15, -0.1) is 24.0 Å². The Bertz CT molecular complexity index is 785. The van der Waals surface area contributed by atoms with E-state index in [1.165, 1.54) is 11.3 Å². The van der Waals surface area contributed by atoms with Gasteiger partial charge in [-0.05, 0) is 34.1 Å². The van der Waals surface area contributed by atoms with Crippen LogP contribution in [0.4, 0.5) is 0 Å². The second-order valence-corrected chi connectivity index (χ2v) is 7.57. The van der Waals surface area contributed by atoms with Crippen LogP contribution >= 0.6 is 63.1 Å². The van der Waals surface area contributed by atoms with Gasteiger partial charge in [-0.3, -0.25) is 4.57 Å². The van der Waals surface area contributed by atoms with Gasteiger partial charge in [0.25, 0.3) is 0 Å². The van der Waals surface area contributed by atoms with E-state index in [-0.39, 0.29) is 0 Å². The molecule has 0 bridgehead atoms. The molecule has 0 aliphatic carbocycles. The SMILES string of the molecule is Sc1cn(-c2ccc(Cl)cc2Cl)c(-c2ncc(Br)s2)n1. The number of hydrogen-bond donors (Lipinski definition) is 1. The largest absolute Gasteiger partial charge is 0.295 e. The van der Waals surface area contributed by atoms with Crippen LogP contribution in [0.25, 0.3) is 16.5 Å². The van der Waals surface area contributed by atoms with E-state index >= 15 is 0 Å². The van der Waals surface area contributed by atoms with Gasteiger partial charge < -0.3 is 0 Å². The molecule has 3 rings (SSSR count). The van der Waals surface area contributed by atoms with Crippen LogP contribution in [0.1, 0.15) is 0 Å². The Morgan fingerprint density at radius 2 is 2.10 bits per heavy atom. The molecule has 0 spiro atoms. The van der Waals surface area contributed by atoms with E-state index in [0.29, 0.717) is 20.9 Å². The van der Waals surface area contributed by atoms with Crippen LogP contribution in [0.15, 0.2) is 39.4 Å². The molecule has 0 fully saturated rings. The van der Waals surface area contributed by atoms with Crippen molar-refractivity contribution in [3.8, 4) is 16.5 Å². The molecule has 0 saturated carbocycles. The van der Waals surface area contributed by atoms with Crippen molar-refractivity contribution in [2.45, 2.75) is 5.03 Å². The van der Waals surface area contributed by atoms with E-state index in [2.05, 4.69) is 38.5 Å². The summed E-state index contributed by atoms with van der Waals surface area (Å²) < 4.78 is 2.79. The molecule has 0 atom stereocenters. The van der Waals surface area contributed by atoms with Crippen LogP contribution in [0.2, 0.25) is 10.0 Å². The highest BCUT2D eigenvalue weighted by molar-refractivity contribution is 9.11. The summed E-state index contributed by atoms with van der Waals surface area (Å²) >= 11 is 21.4. The predicted octanol–water partition coefficient (Wildman–Crippen LogP) is 5.35. The van der Waals surface area contributed by atoms with Gasteiger partial charge in [-0.25, -0.2) is 9.97 Å². The summed E-state index contributed by atoms with van der Waals surface area (Å²) in [5, 5.41) is 2.50. The predicted molar refractivity (Wildman–Crippen MR) is 89.6 cm³/mol. The van der Waals surface area contributed by atoms with Gasteiger partial charge >= 0.3 is 0 Å². The average Bonchev–Trinajstić information content (AvgIpc) is 2.95. The standard InChI is InChI=1S/C12H6BrCl2N3S2/c13-9-4-16-12(20-9)11-17-10(19)5-18(11)8-2-1-6(14)3-7(8)15/h1-5,19H. The van der Waals surface area contributed by atoms with Gasteiger partial charge in [0.05, 0.1) is 20.7 Å². The third kappa shape index (κ3) is 2.76. The van der Waals surface area contributed by atoms with Gasteiger partial charge in [0.1, 0.15) is 5.03 Å². The van der Waals surface area contributed by atoms with Crippen LogP contribution in [0.5, 0.6) is 0 Å². The summed E-state index contributed by atoms with van der Waals surface area (Å²) in [7, 11) is 0. The molecule has 0 saturated heterocycles. The molecule has 3 nitrogen and oxygen atoms in total.